The maximum Gasteiger partial charge on any atom is 0.254 e. The van der Waals surface area contributed by atoms with Gasteiger partial charge in [-0.25, -0.2) is 0 Å². The molecule has 0 aromatic heterocycles. The second-order valence-electron chi connectivity index (χ2n) is 7.24. The molecule has 0 radical (unpaired) electrons. The number of hydrogen-bond acceptors (Lipinski definition) is 5. The van der Waals surface area contributed by atoms with E-state index in [1.165, 1.54) is 5.56 Å². The van der Waals surface area contributed by atoms with E-state index in [2.05, 4.69) is 22.3 Å². The molecule has 2 aliphatic rings. The molecule has 7 nitrogen and oxygen atoms in total. The van der Waals surface area contributed by atoms with E-state index < -0.39 is 0 Å². The first-order valence-corrected chi connectivity index (χ1v) is 9.78. The minimum atomic E-state index is -0.0108. The van der Waals surface area contributed by atoms with Gasteiger partial charge in [-0.1, -0.05) is 6.07 Å². The van der Waals surface area contributed by atoms with Gasteiger partial charge in [0.15, 0.2) is 11.5 Å². The third kappa shape index (κ3) is 3.85. The number of piperazine rings is 1. The number of aryl methyl sites for hydroxylation is 1. The summed E-state index contributed by atoms with van der Waals surface area (Å²) in [4.78, 5) is 28.7. The lowest BCUT2D eigenvalue weighted by Gasteiger charge is -2.36. The highest BCUT2D eigenvalue weighted by atomic mass is 16.5. The van der Waals surface area contributed by atoms with E-state index in [1.54, 1.807) is 32.4 Å². The van der Waals surface area contributed by atoms with Gasteiger partial charge in [0.1, 0.15) is 0 Å². The second kappa shape index (κ2) is 8.03. The fraction of sp³-hybridized carbons (Fsp3) is 0.364. The topological polar surface area (TPSA) is 71.1 Å². The van der Waals surface area contributed by atoms with Crippen LogP contribution in [0.2, 0.25) is 0 Å². The van der Waals surface area contributed by atoms with Crippen LogP contribution in [0.5, 0.6) is 11.5 Å². The summed E-state index contributed by atoms with van der Waals surface area (Å²) in [6, 6.07) is 11.5. The fourth-order valence-electron chi connectivity index (χ4n) is 3.88. The molecule has 1 N–H and O–H groups in total. The number of rotatable bonds is 4. The van der Waals surface area contributed by atoms with Crippen LogP contribution >= 0.6 is 0 Å². The molecule has 0 unspecified atom stereocenters. The van der Waals surface area contributed by atoms with Crippen LogP contribution in [0.4, 0.5) is 11.4 Å². The zero-order valence-electron chi connectivity index (χ0n) is 16.7. The van der Waals surface area contributed by atoms with Crippen molar-refractivity contribution in [3.05, 3.63) is 47.5 Å². The Labute approximate surface area is 170 Å². The number of nitrogens with zero attached hydrogens (tertiary/aromatic N) is 2. The summed E-state index contributed by atoms with van der Waals surface area (Å²) in [6.45, 7) is 2.75. The average Bonchev–Trinajstić information content (AvgIpc) is 2.77. The molecule has 4 rings (SSSR count). The summed E-state index contributed by atoms with van der Waals surface area (Å²) in [5, 5.41) is 2.96. The van der Waals surface area contributed by atoms with E-state index in [-0.39, 0.29) is 11.8 Å². The zero-order valence-corrected chi connectivity index (χ0v) is 16.7. The van der Waals surface area contributed by atoms with Crippen molar-refractivity contribution in [3.63, 3.8) is 0 Å². The summed E-state index contributed by atoms with van der Waals surface area (Å²) in [5.74, 6) is 1.21. The Morgan fingerprint density at radius 2 is 1.69 bits per heavy atom. The number of hydrogen-bond donors (Lipinski definition) is 1. The van der Waals surface area contributed by atoms with Gasteiger partial charge in [-0.3, -0.25) is 9.59 Å². The molecule has 0 atom stereocenters. The second-order valence-corrected chi connectivity index (χ2v) is 7.24. The molecule has 2 aromatic rings. The molecule has 1 saturated heterocycles. The third-order valence-corrected chi connectivity index (χ3v) is 5.55. The van der Waals surface area contributed by atoms with Crippen molar-refractivity contribution >= 4 is 23.2 Å². The summed E-state index contributed by atoms with van der Waals surface area (Å²) < 4.78 is 10.6. The van der Waals surface area contributed by atoms with Crippen molar-refractivity contribution in [2.24, 2.45) is 0 Å². The van der Waals surface area contributed by atoms with Gasteiger partial charge in [0.25, 0.3) is 5.91 Å². The van der Waals surface area contributed by atoms with Gasteiger partial charge in [0.2, 0.25) is 5.91 Å². The summed E-state index contributed by atoms with van der Waals surface area (Å²) >= 11 is 0. The predicted molar refractivity (Wildman–Crippen MR) is 111 cm³/mol. The molecule has 2 aliphatic heterocycles. The first kappa shape index (κ1) is 19.1. The first-order valence-electron chi connectivity index (χ1n) is 9.78. The van der Waals surface area contributed by atoms with Gasteiger partial charge in [-0.15, -0.1) is 0 Å². The zero-order chi connectivity index (χ0) is 20.4. The van der Waals surface area contributed by atoms with E-state index in [1.807, 2.05) is 11.0 Å². The van der Waals surface area contributed by atoms with Crippen molar-refractivity contribution in [3.8, 4) is 11.5 Å². The monoisotopic (exact) mass is 395 g/mol. The van der Waals surface area contributed by atoms with Gasteiger partial charge in [0, 0.05) is 49.5 Å². The minimum Gasteiger partial charge on any atom is -0.493 e. The largest absolute Gasteiger partial charge is 0.493 e. The Balaban J connectivity index is 1.42. The lowest BCUT2D eigenvalue weighted by molar-refractivity contribution is -0.116. The average molecular weight is 395 g/mol. The molecule has 2 aromatic carbocycles. The molecular weight excluding hydrogens is 370 g/mol. The standard InChI is InChI=1S/C22H25N3O4/c1-28-19-7-4-16(13-20(19)29-2)22(27)25-11-9-24(10-12-25)17-6-3-15-5-8-21(26)23-18(15)14-17/h3-4,6-7,13-14H,5,8-12H2,1-2H3,(H,23,26). The molecule has 7 heteroatoms. The Morgan fingerprint density at radius 3 is 2.41 bits per heavy atom. The number of anilines is 2. The smallest absolute Gasteiger partial charge is 0.254 e. The van der Waals surface area contributed by atoms with Crippen LogP contribution in [0.3, 0.4) is 0 Å². The van der Waals surface area contributed by atoms with E-state index in [4.69, 9.17) is 9.47 Å². The third-order valence-electron chi connectivity index (χ3n) is 5.55. The molecule has 2 heterocycles. The van der Waals surface area contributed by atoms with Crippen LogP contribution in [0.1, 0.15) is 22.3 Å². The normalized spacial score (nSPS) is 16.1. The number of ether oxygens (including phenoxy) is 2. The number of nitrogens with one attached hydrogen (secondary N) is 1. The van der Waals surface area contributed by atoms with Crippen LogP contribution in [-0.4, -0.2) is 57.1 Å². The quantitative estimate of drug-likeness (QED) is 0.862. The van der Waals surface area contributed by atoms with Crippen molar-refractivity contribution in [2.75, 3.05) is 50.6 Å². The molecule has 0 aliphatic carbocycles. The molecule has 0 bridgehead atoms. The lowest BCUT2D eigenvalue weighted by Crippen LogP contribution is -2.48. The molecule has 2 amide bonds. The molecular formula is C22H25N3O4. The van der Waals surface area contributed by atoms with Crippen LogP contribution in [0, 0.1) is 0 Å². The summed E-state index contributed by atoms with van der Waals surface area (Å²) in [6.07, 6.45) is 1.33. The van der Waals surface area contributed by atoms with Crippen LogP contribution in [0.25, 0.3) is 0 Å². The van der Waals surface area contributed by atoms with Crippen LogP contribution < -0.4 is 19.7 Å². The Kier molecular flexibility index (Phi) is 5.29. The van der Waals surface area contributed by atoms with Crippen LogP contribution in [-0.2, 0) is 11.2 Å². The van der Waals surface area contributed by atoms with E-state index in [9.17, 15) is 9.59 Å². The number of methoxy groups -OCH3 is 2. The van der Waals surface area contributed by atoms with Gasteiger partial charge < -0.3 is 24.6 Å². The Bertz CT molecular complexity index is 936. The molecule has 1 fully saturated rings. The number of fused-ring (bicyclic) bond motifs is 1. The molecule has 152 valence electrons. The van der Waals surface area contributed by atoms with Gasteiger partial charge in [-0.2, -0.15) is 0 Å². The Hall–Kier alpha value is -3.22. The van der Waals surface area contributed by atoms with Crippen molar-refractivity contribution < 1.29 is 19.1 Å². The first-order chi connectivity index (χ1) is 14.1. The fourth-order valence-corrected chi connectivity index (χ4v) is 3.88. The maximum absolute atomic E-state index is 12.9. The minimum absolute atomic E-state index is 0.0108. The van der Waals surface area contributed by atoms with Crippen LogP contribution in [0.15, 0.2) is 36.4 Å². The molecule has 29 heavy (non-hydrogen) atoms. The van der Waals surface area contributed by atoms with E-state index in [0.29, 0.717) is 36.6 Å². The number of carbonyl (C=O) groups is 2. The van der Waals surface area contributed by atoms with Gasteiger partial charge in [-0.05, 0) is 42.3 Å². The Morgan fingerprint density at radius 1 is 0.931 bits per heavy atom. The van der Waals surface area contributed by atoms with Gasteiger partial charge >= 0.3 is 0 Å². The van der Waals surface area contributed by atoms with E-state index in [0.717, 1.165) is 30.9 Å². The van der Waals surface area contributed by atoms with Gasteiger partial charge in [0.05, 0.1) is 14.2 Å². The lowest BCUT2D eigenvalue weighted by atomic mass is 10.0. The highest BCUT2D eigenvalue weighted by Gasteiger charge is 2.24. The maximum atomic E-state index is 12.9. The highest BCUT2D eigenvalue weighted by Crippen LogP contribution is 2.30. The summed E-state index contributed by atoms with van der Waals surface area (Å²) in [5.41, 5.74) is 3.75. The number of carbonyl (C=O) groups excluding carboxylic acids is 2. The highest BCUT2D eigenvalue weighted by molar-refractivity contribution is 5.95. The predicted octanol–water partition coefficient (Wildman–Crippen LogP) is 2.55. The molecule has 0 saturated carbocycles. The number of amides is 2. The molecule has 0 spiro atoms. The van der Waals surface area contributed by atoms with Crippen molar-refractivity contribution in [2.45, 2.75) is 12.8 Å². The van der Waals surface area contributed by atoms with Crippen molar-refractivity contribution in [1.29, 1.82) is 0 Å². The van der Waals surface area contributed by atoms with Crippen molar-refractivity contribution in [1.82, 2.24) is 4.90 Å². The summed E-state index contributed by atoms with van der Waals surface area (Å²) in [7, 11) is 3.14. The van der Waals surface area contributed by atoms with E-state index >= 15 is 0 Å². The number of benzene rings is 2. The SMILES string of the molecule is COc1ccc(C(=O)N2CCN(c3ccc4c(c3)NC(=O)CC4)CC2)cc1OC.